The standard InChI is InChI=1S/C17H11Br/c18-15-6-5-13-8-14-7-11-3-1-2-4-12(11)9-16(14)17(13)10-15/h1-7,9-10H,8H2. The van der Waals surface area contributed by atoms with Gasteiger partial charge in [-0.1, -0.05) is 52.3 Å². The topological polar surface area (TPSA) is 0 Å². The van der Waals surface area contributed by atoms with Gasteiger partial charge in [0.1, 0.15) is 0 Å². The van der Waals surface area contributed by atoms with Crippen LogP contribution in [0.1, 0.15) is 11.1 Å². The number of benzene rings is 3. The van der Waals surface area contributed by atoms with Crippen molar-refractivity contribution < 1.29 is 0 Å². The molecule has 0 saturated carbocycles. The Balaban J connectivity index is 2.05. The van der Waals surface area contributed by atoms with Crippen LogP contribution < -0.4 is 0 Å². The fraction of sp³-hybridized carbons (Fsp3) is 0.0588. The van der Waals surface area contributed by atoms with Gasteiger partial charge in [-0.2, -0.15) is 0 Å². The van der Waals surface area contributed by atoms with Crippen molar-refractivity contribution in [1.29, 1.82) is 0 Å². The quantitative estimate of drug-likeness (QED) is 0.419. The van der Waals surface area contributed by atoms with Crippen LogP contribution in [-0.2, 0) is 6.42 Å². The lowest BCUT2D eigenvalue weighted by molar-refractivity contribution is 1.27. The Morgan fingerprint density at radius 3 is 2.28 bits per heavy atom. The molecule has 4 rings (SSSR count). The van der Waals surface area contributed by atoms with E-state index in [1.165, 1.54) is 33.0 Å². The van der Waals surface area contributed by atoms with Crippen LogP contribution in [0.5, 0.6) is 0 Å². The SMILES string of the molecule is Brc1ccc2c(c1)-c1cc3ccccc3cc1C2. The van der Waals surface area contributed by atoms with E-state index < -0.39 is 0 Å². The van der Waals surface area contributed by atoms with Crippen LogP contribution in [0.4, 0.5) is 0 Å². The summed E-state index contributed by atoms with van der Waals surface area (Å²) in [5, 5.41) is 2.66. The van der Waals surface area contributed by atoms with Crippen LogP contribution in [0.3, 0.4) is 0 Å². The van der Waals surface area contributed by atoms with Gasteiger partial charge in [-0.3, -0.25) is 0 Å². The normalized spacial score (nSPS) is 12.5. The van der Waals surface area contributed by atoms with Crippen molar-refractivity contribution in [2.75, 3.05) is 0 Å². The van der Waals surface area contributed by atoms with E-state index in [0.29, 0.717) is 0 Å². The minimum absolute atomic E-state index is 1.06. The molecule has 0 amide bonds. The van der Waals surface area contributed by atoms with Crippen LogP contribution in [0.25, 0.3) is 21.9 Å². The van der Waals surface area contributed by atoms with Gasteiger partial charge in [-0.25, -0.2) is 0 Å². The zero-order valence-electron chi connectivity index (χ0n) is 9.78. The zero-order valence-corrected chi connectivity index (χ0v) is 11.4. The molecule has 0 N–H and O–H groups in total. The monoisotopic (exact) mass is 294 g/mol. The summed E-state index contributed by atoms with van der Waals surface area (Å²) in [7, 11) is 0. The summed E-state index contributed by atoms with van der Waals surface area (Å²) in [6.07, 6.45) is 1.06. The van der Waals surface area contributed by atoms with Crippen molar-refractivity contribution in [3.63, 3.8) is 0 Å². The van der Waals surface area contributed by atoms with Gasteiger partial charge in [0, 0.05) is 4.47 Å². The summed E-state index contributed by atoms with van der Waals surface area (Å²) in [4.78, 5) is 0. The molecule has 0 unspecified atom stereocenters. The third-order valence-corrected chi connectivity index (χ3v) is 4.21. The zero-order chi connectivity index (χ0) is 12.1. The molecule has 0 spiro atoms. The van der Waals surface area contributed by atoms with Crippen LogP contribution in [0, 0.1) is 0 Å². The molecule has 1 heteroatoms. The van der Waals surface area contributed by atoms with Gasteiger partial charge in [0.05, 0.1) is 0 Å². The maximum absolute atomic E-state index is 3.57. The Morgan fingerprint density at radius 1 is 0.722 bits per heavy atom. The Labute approximate surface area is 114 Å². The third-order valence-electron chi connectivity index (χ3n) is 3.71. The Bertz CT molecular complexity index is 772. The molecule has 0 atom stereocenters. The number of fused-ring (bicyclic) bond motifs is 4. The Morgan fingerprint density at radius 2 is 1.44 bits per heavy atom. The summed E-state index contributed by atoms with van der Waals surface area (Å²) in [5.41, 5.74) is 5.65. The Hall–Kier alpha value is -1.60. The molecule has 1 aliphatic rings. The molecule has 0 nitrogen and oxygen atoms in total. The van der Waals surface area contributed by atoms with Crippen LogP contribution in [0.2, 0.25) is 0 Å². The molecule has 0 aromatic heterocycles. The van der Waals surface area contributed by atoms with E-state index in [1.807, 2.05) is 0 Å². The molecule has 3 aromatic rings. The molecule has 0 radical (unpaired) electrons. The Kier molecular flexibility index (Phi) is 2.12. The van der Waals surface area contributed by atoms with E-state index in [9.17, 15) is 0 Å². The highest BCUT2D eigenvalue weighted by Crippen LogP contribution is 2.39. The highest BCUT2D eigenvalue weighted by Gasteiger charge is 2.18. The molecule has 1 aliphatic carbocycles. The first-order chi connectivity index (χ1) is 8.81. The largest absolute Gasteiger partial charge is 0.0616 e. The van der Waals surface area contributed by atoms with Crippen LogP contribution in [0.15, 0.2) is 59.1 Å². The van der Waals surface area contributed by atoms with E-state index in [4.69, 9.17) is 0 Å². The molecule has 86 valence electrons. The van der Waals surface area contributed by atoms with Crippen LogP contribution >= 0.6 is 15.9 Å². The van der Waals surface area contributed by atoms with Gasteiger partial charge in [0.15, 0.2) is 0 Å². The van der Waals surface area contributed by atoms with Gasteiger partial charge < -0.3 is 0 Å². The fourth-order valence-electron chi connectivity index (χ4n) is 2.84. The second-order valence-corrected chi connectivity index (χ2v) is 5.75. The molecule has 0 heterocycles. The van der Waals surface area contributed by atoms with Crippen LogP contribution in [-0.4, -0.2) is 0 Å². The number of halogens is 1. The smallest absolute Gasteiger partial charge is 0.0181 e. The lowest BCUT2D eigenvalue weighted by Crippen LogP contribution is -1.81. The first-order valence-electron chi connectivity index (χ1n) is 6.12. The summed E-state index contributed by atoms with van der Waals surface area (Å²) in [6, 6.07) is 19.8. The minimum atomic E-state index is 1.06. The first kappa shape index (κ1) is 10.3. The van der Waals surface area contributed by atoms with E-state index >= 15 is 0 Å². The maximum Gasteiger partial charge on any atom is 0.0181 e. The van der Waals surface area contributed by atoms with Gasteiger partial charge >= 0.3 is 0 Å². The van der Waals surface area contributed by atoms with Crippen molar-refractivity contribution in [2.45, 2.75) is 6.42 Å². The van der Waals surface area contributed by atoms with Crippen molar-refractivity contribution in [3.8, 4) is 11.1 Å². The highest BCUT2D eigenvalue weighted by molar-refractivity contribution is 9.10. The summed E-state index contributed by atoms with van der Waals surface area (Å²) >= 11 is 3.57. The average molecular weight is 295 g/mol. The van der Waals surface area contributed by atoms with Gasteiger partial charge in [0.2, 0.25) is 0 Å². The predicted octanol–water partition coefficient (Wildman–Crippen LogP) is 5.17. The molecule has 0 aliphatic heterocycles. The average Bonchev–Trinajstić information content (AvgIpc) is 2.73. The van der Waals surface area contributed by atoms with E-state index in [2.05, 4.69) is 70.5 Å². The second-order valence-electron chi connectivity index (χ2n) is 4.83. The lowest BCUT2D eigenvalue weighted by atomic mass is 10.0. The predicted molar refractivity (Wildman–Crippen MR) is 79.9 cm³/mol. The maximum atomic E-state index is 3.57. The third kappa shape index (κ3) is 1.44. The summed E-state index contributed by atoms with van der Waals surface area (Å²) in [5.74, 6) is 0. The lowest BCUT2D eigenvalue weighted by Gasteiger charge is -2.04. The summed E-state index contributed by atoms with van der Waals surface area (Å²) in [6.45, 7) is 0. The minimum Gasteiger partial charge on any atom is -0.0616 e. The second kappa shape index (κ2) is 3.69. The molecule has 3 aromatic carbocycles. The molecule has 0 saturated heterocycles. The van der Waals surface area contributed by atoms with E-state index in [0.717, 1.165) is 10.9 Å². The molecule has 18 heavy (non-hydrogen) atoms. The molecular weight excluding hydrogens is 284 g/mol. The number of hydrogen-bond donors (Lipinski definition) is 0. The van der Waals surface area contributed by atoms with E-state index in [1.54, 1.807) is 0 Å². The van der Waals surface area contributed by atoms with Gasteiger partial charge in [-0.05, 0) is 57.6 Å². The van der Waals surface area contributed by atoms with Crippen molar-refractivity contribution >= 4 is 26.7 Å². The molecule has 0 bridgehead atoms. The fourth-order valence-corrected chi connectivity index (χ4v) is 3.20. The molecular formula is C17H11Br. The summed E-state index contributed by atoms with van der Waals surface area (Å²) < 4.78 is 1.15. The van der Waals surface area contributed by atoms with Gasteiger partial charge in [-0.15, -0.1) is 0 Å². The van der Waals surface area contributed by atoms with Gasteiger partial charge in [0.25, 0.3) is 0 Å². The molecule has 0 fully saturated rings. The number of hydrogen-bond acceptors (Lipinski definition) is 0. The van der Waals surface area contributed by atoms with Crippen molar-refractivity contribution in [1.82, 2.24) is 0 Å². The first-order valence-corrected chi connectivity index (χ1v) is 6.91. The van der Waals surface area contributed by atoms with Crippen molar-refractivity contribution in [3.05, 3.63) is 70.2 Å². The van der Waals surface area contributed by atoms with Crippen molar-refractivity contribution in [2.24, 2.45) is 0 Å². The number of rotatable bonds is 0. The van der Waals surface area contributed by atoms with E-state index in [-0.39, 0.29) is 0 Å². The highest BCUT2D eigenvalue weighted by atomic mass is 79.9.